The summed E-state index contributed by atoms with van der Waals surface area (Å²) in [5.74, 6) is -0.982. The topological polar surface area (TPSA) is 86.0 Å². The molecule has 1 atom stereocenters. The summed E-state index contributed by atoms with van der Waals surface area (Å²) in [5, 5.41) is 24.6. The van der Waals surface area contributed by atoms with Gasteiger partial charge in [-0.1, -0.05) is 57.2 Å². The molecule has 0 saturated carbocycles. The first-order valence-electron chi connectivity index (χ1n) is 10.1. The van der Waals surface area contributed by atoms with E-state index in [1.54, 1.807) is 13.8 Å². The molecule has 0 fully saturated rings. The van der Waals surface area contributed by atoms with Gasteiger partial charge in [-0.3, -0.25) is 4.79 Å². The van der Waals surface area contributed by atoms with E-state index in [1.165, 1.54) is 16.9 Å². The SMILES string of the molecule is Cc1cc(CC(C#N)C(=O)Nc2nc(-c3ccc(C(C)(C)C)cc3)cs2)cc(C)c1O. The quantitative estimate of drug-likeness (QED) is 0.536. The van der Waals surface area contributed by atoms with Gasteiger partial charge in [0.05, 0.1) is 11.8 Å². The lowest BCUT2D eigenvalue weighted by molar-refractivity contribution is -0.118. The number of thiazole rings is 1. The number of benzene rings is 2. The average Bonchev–Trinajstić information content (AvgIpc) is 3.18. The number of phenolic OH excluding ortho intramolecular Hbond substituents is 1. The number of carbonyl (C=O) groups is 1. The number of amides is 1. The minimum absolute atomic E-state index is 0.0840. The fourth-order valence-corrected chi connectivity index (χ4v) is 4.12. The molecule has 2 N–H and O–H groups in total. The van der Waals surface area contributed by atoms with Crippen molar-refractivity contribution in [2.45, 2.75) is 46.5 Å². The summed E-state index contributed by atoms with van der Waals surface area (Å²) in [6, 6.07) is 14.0. The molecule has 3 rings (SSSR count). The molecule has 0 aliphatic heterocycles. The van der Waals surface area contributed by atoms with Crippen LogP contribution >= 0.6 is 11.3 Å². The number of hydrogen-bond donors (Lipinski definition) is 2. The molecule has 0 bridgehead atoms. The highest BCUT2D eigenvalue weighted by molar-refractivity contribution is 7.14. The monoisotopic (exact) mass is 433 g/mol. The number of phenols is 1. The van der Waals surface area contributed by atoms with Crippen molar-refractivity contribution in [3.8, 4) is 23.1 Å². The van der Waals surface area contributed by atoms with Crippen molar-refractivity contribution in [1.82, 2.24) is 4.98 Å². The van der Waals surface area contributed by atoms with Gasteiger partial charge in [0.2, 0.25) is 5.91 Å². The molecule has 1 amide bonds. The van der Waals surface area contributed by atoms with Gasteiger partial charge in [-0.2, -0.15) is 5.26 Å². The number of nitrogens with zero attached hydrogens (tertiary/aromatic N) is 2. The first-order chi connectivity index (χ1) is 14.6. The van der Waals surface area contributed by atoms with Crippen molar-refractivity contribution in [3.05, 3.63) is 64.0 Å². The molecular formula is C25H27N3O2S. The van der Waals surface area contributed by atoms with Crippen molar-refractivity contribution in [2.24, 2.45) is 5.92 Å². The Morgan fingerprint density at radius 1 is 1.19 bits per heavy atom. The van der Waals surface area contributed by atoms with Gasteiger partial charge in [0.25, 0.3) is 0 Å². The summed E-state index contributed by atoms with van der Waals surface area (Å²) >= 11 is 1.34. The molecular weight excluding hydrogens is 406 g/mol. The lowest BCUT2D eigenvalue weighted by Gasteiger charge is -2.18. The molecule has 1 heterocycles. The second-order valence-electron chi connectivity index (χ2n) is 8.82. The van der Waals surface area contributed by atoms with Crippen LogP contribution in [-0.4, -0.2) is 16.0 Å². The first-order valence-corrected chi connectivity index (χ1v) is 11.0. The van der Waals surface area contributed by atoms with Crippen molar-refractivity contribution in [2.75, 3.05) is 5.32 Å². The fraction of sp³-hybridized carbons (Fsp3) is 0.320. The Bertz CT molecular complexity index is 1110. The summed E-state index contributed by atoms with van der Waals surface area (Å²) in [7, 11) is 0. The number of nitrogens with one attached hydrogen (secondary N) is 1. The Hall–Kier alpha value is -3.17. The Morgan fingerprint density at radius 3 is 2.35 bits per heavy atom. The van der Waals surface area contributed by atoms with Gasteiger partial charge < -0.3 is 10.4 Å². The van der Waals surface area contributed by atoms with Gasteiger partial charge in [0, 0.05) is 10.9 Å². The van der Waals surface area contributed by atoms with Crippen LogP contribution in [0.15, 0.2) is 41.8 Å². The predicted octanol–water partition coefficient (Wildman–Crippen LogP) is 5.75. The Labute approximate surface area is 187 Å². The van der Waals surface area contributed by atoms with E-state index in [-0.39, 0.29) is 23.5 Å². The van der Waals surface area contributed by atoms with Gasteiger partial charge in [0.15, 0.2) is 5.13 Å². The van der Waals surface area contributed by atoms with E-state index in [0.29, 0.717) is 5.13 Å². The minimum atomic E-state index is -0.846. The molecule has 5 nitrogen and oxygen atoms in total. The van der Waals surface area contributed by atoms with E-state index >= 15 is 0 Å². The molecule has 0 spiro atoms. The molecule has 31 heavy (non-hydrogen) atoms. The summed E-state index contributed by atoms with van der Waals surface area (Å²) in [6.07, 6.45) is 0.275. The van der Waals surface area contributed by atoms with Crippen LogP contribution < -0.4 is 5.32 Å². The van der Waals surface area contributed by atoms with Crippen LogP contribution in [0.4, 0.5) is 5.13 Å². The zero-order chi connectivity index (χ0) is 22.8. The van der Waals surface area contributed by atoms with Gasteiger partial charge >= 0.3 is 0 Å². The third kappa shape index (κ3) is 5.31. The molecule has 0 aliphatic carbocycles. The van der Waals surface area contributed by atoms with Gasteiger partial charge in [-0.15, -0.1) is 11.3 Å². The molecule has 1 unspecified atom stereocenters. The zero-order valence-electron chi connectivity index (χ0n) is 18.5. The Kier molecular flexibility index (Phi) is 6.47. The minimum Gasteiger partial charge on any atom is -0.507 e. The second-order valence-corrected chi connectivity index (χ2v) is 9.68. The van der Waals surface area contributed by atoms with Crippen LogP contribution in [0.1, 0.15) is 43.0 Å². The number of aromatic nitrogens is 1. The van der Waals surface area contributed by atoms with Crippen LogP contribution in [0.5, 0.6) is 5.75 Å². The van der Waals surface area contributed by atoms with Crippen LogP contribution in [0.2, 0.25) is 0 Å². The standard InChI is InChI=1S/C25H27N3O2S/c1-15-10-17(11-16(2)22(15)29)12-19(13-26)23(30)28-24-27-21(14-31-24)18-6-8-20(9-7-18)25(3,4)5/h6-11,14,19,29H,12H2,1-5H3,(H,27,28,30). The molecule has 6 heteroatoms. The van der Waals surface area contributed by atoms with Crippen LogP contribution in [0, 0.1) is 31.1 Å². The van der Waals surface area contributed by atoms with Crippen molar-refractivity contribution >= 4 is 22.4 Å². The summed E-state index contributed by atoms with van der Waals surface area (Å²) < 4.78 is 0. The van der Waals surface area contributed by atoms with Crippen LogP contribution in [-0.2, 0) is 16.6 Å². The number of aryl methyl sites for hydroxylation is 2. The van der Waals surface area contributed by atoms with Crippen molar-refractivity contribution < 1.29 is 9.90 Å². The third-order valence-electron chi connectivity index (χ3n) is 5.24. The summed E-state index contributed by atoms with van der Waals surface area (Å²) in [6.45, 7) is 10.1. The largest absolute Gasteiger partial charge is 0.507 e. The molecule has 2 aromatic carbocycles. The Morgan fingerprint density at radius 2 is 1.81 bits per heavy atom. The lowest BCUT2D eigenvalue weighted by atomic mass is 9.86. The van der Waals surface area contributed by atoms with E-state index in [0.717, 1.165) is 27.9 Å². The molecule has 0 radical (unpaired) electrons. The molecule has 1 aromatic heterocycles. The highest BCUT2D eigenvalue weighted by atomic mass is 32.1. The van der Waals surface area contributed by atoms with Crippen LogP contribution in [0.25, 0.3) is 11.3 Å². The van der Waals surface area contributed by atoms with Gasteiger partial charge in [0.1, 0.15) is 11.7 Å². The van der Waals surface area contributed by atoms with E-state index < -0.39 is 5.92 Å². The molecule has 3 aromatic rings. The summed E-state index contributed by atoms with van der Waals surface area (Å²) in [4.78, 5) is 17.2. The normalized spacial score (nSPS) is 12.3. The van der Waals surface area contributed by atoms with E-state index in [4.69, 9.17) is 0 Å². The average molecular weight is 434 g/mol. The number of hydrogen-bond acceptors (Lipinski definition) is 5. The summed E-state index contributed by atoms with van der Waals surface area (Å²) in [5.41, 5.74) is 5.41. The number of nitriles is 1. The number of aromatic hydroxyl groups is 1. The van der Waals surface area contributed by atoms with E-state index in [1.807, 2.05) is 29.6 Å². The maximum absolute atomic E-state index is 12.7. The number of rotatable bonds is 5. The fourth-order valence-electron chi connectivity index (χ4n) is 3.39. The van der Waals surface area contributed by atoms with E-state index in [9.17, 15) is 15.2 Å². The highest BCUT2D eigenvalue weighted by Crippen LogP contribution is 2.29. The van der Waals surface area contributed by atoms with Crippen molar-refractivity contribution in [1.29, 1.82) is 5.26 Å². The van der Waals surface area contributed by atoms with Crippen molar-refractivity contribution in [3.63, 3.8) is 0 Å². The highest BCUT2D eigenvalue weighted by Gasteiger charge is 2.21. The maximum atomic E-state index is 12.7. The lowest BCUT2D eigenvalue weighted by Crippen LogP contribution is -2.23. The Balaban J connectivity index is 1.70. The number of anilines is 1. The third-order valence-corrected chi connectivity index (χ3v) is 6.00. The molecule has 0 saturated heterocycles. The number of carbonyl (C=O) groups excluding carboxylic acids is 1. The zero-order valence-corrected chi connectivity index (χ0v) is 19.3. The first kappa shape index (κ1) is 22.5. The van der Waals surface area contributed by atoms with Gasteiger partial charge in [-0.25, -0.2) is 4.98 Å². The maximum Gasteiger partial charge on any atom is 0.243 e. The smallest absolute Gasteiger partial charge is 0.243 e. The van der Waals surface area contributed by atoms with E-state index in [2.05, 4.69) is 49.3 Å². The molecule has 0 aliphatic rings. The second kappa shape index (κ2) is 8.91. The predicted molar refractivity (Wildman–Crippen MR) is 125 cm³/mol. The molecule has 160 valence electrons. The van der Waals surface area contributed by atoms with Crippen LogP contribution in [0.3, 0.4) is 0 Å². The van der Waals surface area contributed by atoms with Gasteiger partial charge in [-0.05, 0) is 47.9 Å².